The molecular formula is C31H39N3O5. The van der Waals surface area contributed by atoms with E-state index in [1.54, 1.807) is 32.2 Å². The molecule has 0 spiro atoms. The van der Waals surface area contributed by atoms with Crippen LogP contribution in [0.5, 0.6) is 5.75 Å². The number of fused-ring (bicyclic) bond motifs is 1. The third-order valence-electron chi connectivity index (χ3n) is 8.23. The van der Waals surface area contributed by atoms with Crippen LogP contribution in [0.15, 0.2) is 51.7 Å². The molecule has 3 aromatic rings. The number of hydrogen-bond acceptors (Lipinski definition) is 7. The number of amides is 1. The quantitative estimate of drug-likeness (QED) is 0.422. The Balaban J connectivity index is 1.17. The van der Waals surface area contributed by atoms with Gasteiger partial charge in [-0.15, -0.1) is 0 Å². The monoisotopic (exact) mass is 533 g/mol. The van der Waals surface area contributed by atoms with Crippen LogP contribution in [0.3, 0.4) is 0 Å². The molecule has 1 aromatic heterocycles. The fourth-order valence-corrected chi connectivity index (χ4v) is 5.94. The van der Waals surface area contributed by atoms with Gasteiger partial charge in [0.05, 0.1) is 29.9 Å². The highest BCUT2D eigenvalue weighted by atomic mass is 16.5. The van der Waals surface area contributed by atoms with E-state index in [-0.39, 0.29) is 23.4 Å². The molecule has 0 unspecified atom stereocenters. The average Bonchev–Trinajstić information content (AvgIpc) is 2.97. The Labute approximate surface area is 229 Å². The second-order valence-corrected chi connectivity index (χ2v) is 10.7. The molecule has 2 fully saturated rings. The lowest BCUT2D eigenvalue weighted by molar-refractivity contribution is 0.0952. The smallest absolute Gasteiger partial charge is 0.255 e. The van der Waals surface area contributed by atoms with E-state index in [1.165, 1.54) is 0 Å². The summed E-state index contributed by atoms with van der Waals surface area (Å²) in [5.74, 6) is 1.42. The molecule has 2 aromatic carbocycles. The molecule has 208 valence electrons. The van der Waals surface area contributed by atoms with Crippen molar-refractivity contribution in [3.05, 3.63) is 69.6 Å². The zero-order valence-corrected chi connectivity index (χ0v) is 22.9. The summed E-state index contributed by atoms with van der Waals surface area (Å²) in [5.41, 5.74) is 2.41. The third-order valence-corrected chi connectivity index (χ3v) is 8.23. The number of para-hydroxylation sites is 3. The molecule has 1 saturated carbocycles. The molecule has 2 heterocycles. The minimum absolute atomic E-state index is 0.0840. The number of anilines is 1. The van der Waals surface area contributed by atoms with Crippen LogP contribution in [-0.2, 0) is 0 Å². The molecule has 1 amide bonds. The van der Waals surface area contributed by atoms with Crippen molar-refractivity contribution in [1.82, 2.24) is 10.2 Å². The lowest BCUT2D eigenvalue weighted by atomic mass is 9.84. The highest BCUT2D eigenvalue weighted by Crippen LogP contribution is 2.35. The first-order valence-electron chi connectivity index (χ1n) is 14.1. The molecule has 0 radical (unpaired) electrons. The molecule has 1 saturated heterocycles. The number of piperazine rings is 1. The maximum Gasteiger partial charge on any atom is 0.255 e. The minimum Gasteiger partial charge on any atom is -0.495 e. The Morgan fingerprint density at radius 2 is 1.79 bits per heavy atom. The number of rotatable bonds is 8. The van der Waals surface area contributed by atoms with E-state index < -0.39 is 0 Å². The second-order valence-electron chi connectivity index (χ2n) is 10.7. The SMILES string of the molecule is COc1ccccc1N1CCN(CCCNC(=O)c2cccc3c(=O)c(C)c(C4CCC(O)CC4)oc23)CC1. The summed E-state index contributed by atoms with van der Waals surface area (Å²) in [4.78, 5) is 31.1. The van der Waals surface area contributed by atoms with Crippen LogP contribution in [0.1, 0.15) is 59.7 Å². The predicted octanol–water partition coefficient (Wildman–Crippen LogP) is 4.07. The first-order chi connectivity index (χ1) is 19.0. The van der Waals surface area contributed by atoms with Gasteiger partial charge in [-0.25, -0.2) is 0 Å². The lowest BCUT2D eigenvalue weighted by Crippen LogP contribution is -2.47. The van der Waals surface area contributed by atoms with Gasteiger partial charge in [-0.3, -0.25) is 14.5 Å². The standard InChI is InChI=1S/C31H39N3O5/c1-21-28(36)24-7-5-8-25(30(24)39-29(21)22-11-13-23(35)14-12-22)31(37)32-15-6-16-33-17-19-34(20-18-33)26-9-3-4-10-27(26)38-2/h3-5,7-10,22-23,35H,6,11-20H2,1-2H3,(H,32,37). The topological polar surface area (TPSA) is 95.2 Å². The summed E-state index contributed by atoms with van der Waals surface area (Å²) in [7, 11) is 1.71. The number of aliphatic hydroxyl groups is 1. The number of carbonyl (C=O) groups excluding carboxylic acids is 1. The summed E-state index contributed by atoms with van der Waals surface area (Å²) >= 11 is 0. The van der Waals surface area contributed by atoms with Crippen LogP contribution < -0.4 is 20.4 Å². The predicted molar refractivity (Wildman–Crippen MR) is 153 cm³/mol. The summed E-state index contributed by atoms with van der Waals surface area (Å²) in [5, 5.41) is 13.4. The molecule has 39 heavy (non-hydrogen) atoms. The number of benzene rings is 2. The van der Waals surface area contributed by atoms with Crippen molar-refractivity contribution in [3.8, 4) is 5.75 Å². The summed E-state index contributed by atoms with van der Waals surface area (Å²) in [6.45, 7) is 7.04. The number of methoxy groups -OCH3 is 1. The van der Waals surface area contributed by atoms with Crippen molar-refractivity contribution in [1.29, 1.82) is 0 Å². The summed E-state index contributed by atoms with van der Waals surface area (Å²) < 4.78 is 11.8. The van der Waals surface area contributed by atoms with Crippen LogP contribution in [-0.4, -0.2) is 68.4 Å². The van der Waals surface area contributed by atoms with E-state index in [4.69, 9.17) is 9.15 Å². The molecule has 8 heteroatoms. The first kappa shape index (κ1) is 27.2. The van der Waals surface area contributed by atoms with Gasteiger partial charge in [0.15, 0.2) is 11.0 Å². The molecule has 0 atom stereocenters. The van der Waals surface area contributed by atoms with Gasteiger partial charge < -0.3 is 24.5 Å². The van der Waals surface area contributed by atoms with Crippen LogP contribution in [0.2, 0.25) is 0 Å². The molecule has 1 aliphatic heterocycles. The van der Waals surface area contributed by atoms with Crippen molar-refractivity contribution in [3.63, 3.8) is 0 Å². The van der Waals surface area contributed by atoms with Crippen molar-refractivity contribution in [2.24, 2.45) is 0 Å². The fraction of sp³-hybridized carbons (Fsp3) is 0.484. The van der Waals surface area contributed by atoms with E-state index in [9.17, 15) is 14.7 Å². The van der Waals surface area contributed by atoms with E-state index in [1.807, 2.05) is 18.2 Å². The van der Waals surface area contributed by atoms with Gasteiger partial charge in [0.25, 0.3) is 5.91 Å². The molecule has 8 nitrogen and oxygen atoms in total. The molecule has 0 bridgehead atoms. The minimum atomic E-state index is -0.286. The Bertz CT molecular complexity index is 1350. The zero-order chi connectivity index (χ0) is 27.4. The molecule has 2 aliphatic rings. The normalized spacial score (nSPS) is 20.2. The van der Waals surface area contributed by atoms with Gasteiger partial charge in [-0.2, -0.15) is 0 Å². The maximum atomic E-state index is 13.2. The van der Waals surface area contributed by atoms with Crippen molar-refractivity contribution in [2.75, 3.05) is 51.3 Å². The van der Waals surface area contributed by atoms with Gasteiger partial charge in [0.1, 0.15) is 11.5 Å². The van der Waals surface area contributed by atoms with E-state index in [0.29, 0.717) is 47.2 Å². The van der Waals surface area contributed by atoms with E-state index in [2.05, 4.69) is 21.2 Å². The second kappa shape index (κ2) is 12.2. The Kier molecular flexibility index (Phi) is 8.53. The highest BCUT2D eigenvalue weighted by Gasteiger charge is 2.27. The fourth-order valence-electron chi connectivity index (χ4n) is 5.94. The van der Waals surface area contributed by atoms with Crippen molar-refractivity contribution >= 4 is 22.6 Å². The number of nitrogens with one attached hydrogen (secondary N) is 1. The average molecular weight is 534 g/mol. The molecule has 2 N–H and O–H groups in total. The van der Waals surface area contributed by atoms with Crippen LogP contribution >= 0.6 is 0 Å². The van der Waals surface area contributed by atoms with Crippen LogP contribution in [0.4, 0.5) is 5.69 Å². The molecular weight excluding hydrogens is 494 g/mol. The van der Waals surface area contributed by atoms with E-state index in [0.717, 1.165) is 63.4 Å². The molecule has 5 rings (SSSR count). The molecule has 1 aliphatic carbocycles. The first-order valence-corrected chi connectivity index (χ1v) is 14.1. The van der Waals surface area contributed by atoms with Crippen LogP contribution in [0.25, 0.3) is 11.0 Å². The zero-order valence-electron chi connectivity index (χ0n) is 22.9. The van der Waals surface area contributed by atoms with Crippen molar-refractivity contribution < 1.29 is 19.1 Å². The number of carbonyl (C=O) groups is 1. The Morgan fingerprint density at radius 3 is 2.54 bits per heavy atom. The van der Waals surface area contributed by atoms with Gasteiger partial charge in [0, 0.05) is 44.2 Å². The van der Waals surface area contributed by atoms with Gasteiger partial charge in [0.2, 0.25) is 0 Å². The number of nitrogens with zero attached hydrogens (tertiary/aromatic N) is 2. The largest absolute Gasteiger partial charge is 0.495 e. The maximum absolute atomic E-state index is 13.2. The van der Waals surface area contributed by atoms with Gasteiger partial charge in [-0.1, -0.05) is 18.2 Å². The van der Waals surface area contributed by atoms with Gasteiger partial charge >= 0.3 is 0 Å². The van der Waals surface area contributed by atoms with E-state index >= 15 is 0 Å². The van der Waals surface area contributed by atoms with Crippen LogP contribution in [0, 0.1) is 6.92 Å². The number of ether oxygens (including phenoxy) is 1. The highest BCUT2D eigenvalue weighted by molar-refractivity contribution is 6.04. The summed E-state index contributed by atoms with van der Waals surface area (Å²) in [6, 6.07) is 13.3. The lowest BCUT2D eigenvalue weighted by Gasteiger charge is -2.36. The third kappa shape index (κ3) is 5.97. The van der Waals surface area contributed by atoms with Gasteiger partial charge in [-0.05, 0) is 69.8 Å². The Morgan fingerprint density at radius 1 is 1.05 bits per heavy atom. The summed E-state index contributed by atoms with van der Waals surface area (Å²) in [6.07, 6.45) is 3.50. The Hall–Kier alpha value is -3.36. The number of hydrogen-bond donors (Lipinski definition) is 2. The number of aliphatic hydroxyl groups excluding tert-OH is 1. The van der Waals surface area contributed by atoms with Crippen molar-refractivity contribution in [2.45, 2.75) is 51.0 Å².